The summed E-state index contributed by atoms with van der Waals surface area (Å²) < 4.78 is 9.71. The minimum atomic E-state index is -0.763. The lowest BCUT2D eigenvalue weighted by Crippen LogP contribution is -2.40. The van der Waals surface area contributed by atoms with Gasteiger partial charge in [-0.2, -0.15) is 0 Å². The van der Waals surface area contributed by atoms with E-state index in [1.165, 1.54) is 11.3 Å². The molecule has 0 saturated carbocycles. The summed E-state index contributed by atoms with van der Waals surface area (Å²) in [4.78, 5) is 32.5. The Labute approximate surface area is 256 Å². The molecule has 0 radical (unpaired) electrons. The fourth-order valence-electron chi connectivity index (χ4n) is 5.58. The molecule has 212 valence electrons. The van der Waals surface area contributed by atoms with Crippen LogP contribution in [0.5, 0.6) is 0 Å². The van der Waals surface area contributed by atoms with E-state index in [-0.39, 0.29) is 12.2 Å². The smallest absolute Gasteiger partial charge is 0.338 e. The Balaban J connectivity index is 1.56. The van der Waals surface area contributed by atoms with Gasteiger partial charge in [0, 0.05) is 38.8 Å². The number of rotatable bonds is 6. The fraction of sp³-hybridized carbons (Fsp3) is 0.182. The van der Waals surface area contributed by atoms with Crippen molar-refractivity contribution >= 4 is 57.5 Å². The Morgan fingerprint density at radius 3 is 2.57 bits per heavy atom. The SMILES string of the molecule is CCOC(=O)C1=C(C)N=c2s/c(=C\c3c(C)n(Cc4cccc(Cl)c4)c4ccccc34)c(=O)n2[C@@H]1c1ccccc1Cl. The van der Waals surface area contributed by atoms with Crippen LogP contribution in [-0.4, -0.2) is 21.7 Å². The molecule has 1 aliphatic rings. The van der Waals surface area contributed by atoms with Gasteiger partial charge in [-0.05, 0) is 62.2 Å². The molecule has 3 heterocycles. The van der Waals surface area contributed by atoms with Crippen molar-refractivity contribution in [2.45, 2.75) is 33.4 Å². The third kappa shape index (κ3) is 4.91. The predicted molar refractivity (Wildman–Crippen MR) is 169 cm³/mol. The third-order valence-electron chi connectivity index (χ3n) is 7.50. The molecule has 6 rings (SSSR count). The summed E-state index contributed by atoms with van der Waals surface area (Å²) in [5.41, 5.74) is 5.31. The van der Waals surface area contributed by atoms with Crippen LogP contribution in [0.4, 0.5) is 0 Å². The van der Waals surface area contributed by atoms with E-state index in [0.717, 1.165) is 27.7 Å². The topological polar surface area (TPSA) is 65.6 Å². The Kier molecular flexibility index (Phi) is 7.66. The number of ether oxygens (including phenoxy) is 1. The molecule has 0 fully saturated rings. The van der Waals surface area contributed by atoms with Gasteiger partial charge in [0.15, 0.2) is 4.80 Å². The van der Waals surface area contributed by atoms with Crippen LogP contribution in [0.2, 0.25) is 10.0 Å². The number of allylic oxidation sites excluding steroid dienone is 1. The van der Waals surface area contributed by atoms with E-state index in [2.05, 4.69) is 29.7 Å². The molecule has 0 N–H and O–H groups in total. The van der Waals surface area contributed by atoms with Gasteiger partial charge in [0.25, 0.3) is 5.56 Å². The monoisotopic (exact) mass is 615 g/mol. The second-order valence-electron chi connectivity index (χ2n) is 10.1. The summed E-state index contributed by atoms with van der Waals surface area (Å²) in [6, 6.07) is 22.5. The van der Waals surface area contributed by atoms with Crippen molar-refractivity contribution in [3.05, 3.63) is 136 Å². The van der Waals surface area contributed by atoms with Gasteiger partial charge in [0.05, 0.1) is 22.4 Å². The van der Waals surface area contributed by atoms with Gasteiger partial charge in [0.2, 0.25) is 0 Å². The zero-order valence-electron chi connectivity index (χ0n) is 23.2. The van der Waals surface area contributed by atoms with Crippen molar-refractivity contribution in [1.29, 1.82) is 0 Å². The highest BCUT2D eigenvalue weighted by Gasteiger charge is 2.34. The second-order valence-corrected chi connectivity index (χ2v) is 11.9. The summed E-state index contributed by atoms with van der Waals surface area (Å²) in [6.07, 6.45) is 1.93. The summed E-state index contributed by atoms with van der Waals surface area (Å²) >= 11 is 14.2. The molecule has 0 unspecified atom stereocenters. The number of carbonyl (C=O) groups excluding carboxylic acids is 1. The van der Waals surface area contributed by atoms with Gasteiger partial charge >= 0.3 is 5.97 Å². The molecule has 6 nitrogen and oxygen atoms in total. The molecule has 1 aliphatic heterocycles. The maximum absolute atomic E-state index is 14.2. The maximum Gasteiger partial charge on any atom is 0.338 e. The minimum Gasteiger partial charge on any atom is -0.463 e. The van der Waals surface area contributed by atoms with Crippen molar-refractivity contribution in [2.75, 3.05) is 6.61 Å². The average Bonchev–Trinajstić information content (AvgIpc) is 3.41. The number of para-hydroxylation sites is 1. The van der Waals surface area contributed by atoms with E-state index in [1.807, 2.05) is 54.6 Å². The number of carbonyl (C=O) groups is 1. The van der Waals surface area contributed by atoms with E-state index >= 15 is 0 Å². The number of halogens is 2. The van der Waals surface area contributed by atoms with E-state index in [0.29, 0.717) is 42.8 Å². The molecule has 0 spiro atoms. The molecule has 1 atom stereocenters. The lowest BCUT2D eigenvalue weighted by atomic mass is 9.96. The van der Waals surface area contributed by atoms with E-state index in [9.17, 15) is 9.59 Å². The van der Waals surface area contributed by atoms with Crippen molar-refractivity contribution in [1.82, 2.24) is 9.13 Å². The highest BCUT2D eigenvalue weighted by atomic mass is 35.5. The van der Waals surface area contributed by atoms with E-state index in [4.69, 9.17) is 32.9 Å². The predicted octanol–water partition coefficient (Wildman–Crippen LogP) is 6.42. The molecule has 0 bridgehead atoms. The van der Waals surface area contributed by atoms with Crippen LogP contribution in [0.1, 0.15) is 42.3 Å². The quantitative estimate of drug-likeness (QED) is 0.207. The largest absolute Gasteiger partial charge is 0.463 e. The first kappa shape index (κ1) is 28.2. The first-order valence-corrected chi connectivity index (χ1v) is 15.1. The molecular formula is C33H27Cl2N3O3S. The molecule has 0 saturated heterocycles. The zero-order chi connectivity index (χ0) is 29.5. The molecule has 0 aliphatic carbocycles. The van der Waals surface area contributed by atoms with Crippen molar-refractivity contribution in [2.24, 2.45) is 4.99 Å². The minimum absolute atomic E-state index is 0.202. The van der Waals surface area contributed by atoms with Crippen LogP contribution in [0.3, 0.4) is 0 Å². The van der Waals surface area contributed by atoms with Gasteiger partial charge in [-0.15, -0.1) is 0 Å². The molecular weight excluding hydrogens is 589 g/mol. The summed E-state index contributed by atoms with van der Waals surface area (Å²) in [6.45, 7) is 6.41. The Morgan fingerprint density at radius 1 is 1.05 bits per heavy atom. The summed E-state index contributed by atoms with van der Waals surface area (Å²) in [7, 11) is 0. The first-order chi connectivity index (χ1) is 20.3. The first-order valence-electron chi connectivity index (χ1n) is 13.5. The van der Waals surface area contributed by atoms with Crippen LogP contribution < -0.4 is 14.9 Å². The molecule has 42 heavy (non-hydrogen) atoms. The van der Waals surface area contributed by atoms with Crippen molar-refractivity contribution in [3.8, 4) is 0 Å². The number of fused-ring (bicyclic) bond motifs is 2. The van der Waals surface area contributed by atoms with Crippen molar-refractivity contribution in [3.63, 3.8) is 0 Å². The van der Waals surface area contributed by atoms with E-state index < -0.39 is 12.0 Å². The number of hydrogen-bond donors (Lipinski definition) is 0. The number of hydrogen-bond acceptors (Lipinski definition) is 5. The van der Waals surface area contributed by atoms with Crippen LogP contribution in [-0.2, 0) is 16.1 Å². The normalized spacial score (nSPS) is 15.2. The fourth-order valence-corrected chi connectivity index (χ4v) is 7.06. The van der Waals surface area contributed by atoms with Gasteiger partial charge in [-0.25, -0.2) is 9.79 Å². The van der Waals surface area contributed by atoms with Gasteiger partial charge in [-0.1, -0.05) is 83.1 Å². The van der Waals surface area contributed by atoms with Crippen LogP contribution in [0.25, 0.3) is 17.0 Å². The van der Waals surface area contributed by atoms with Crippen LogP contribution in [0.15, 0.2) is 93.9 Å². The average molecular weight is 617 g/mol. The lowest BCUT2D eigenvalue weighted by molar-refractivity contribution is -0.139. The Morgan fingerprint density at radius 2 is 1.81 bits per heavy atom. The van der Waals surface area contributed by atoms with Gasteiger partial charge < -0.3 is 9.30 Å². The van der Waals surface area contributed by atoms with Crippen molar-refractivity contribution < 1.29 is 9.53 Å². The summed E-state index contributed by atoms with van der Waals surface area (Å²) in [5.74, 6) is -0.516. The zero-order valence-corrected chi connectivity index (χ0v) is 25.6. The molecule has 2 aromatic heterocycles. The number of nitrogens with zero attached hydrogens (tertiary/aromatic N) is 3. The molecule has 0 amide bonds. The standard InChI is InChI=1S/C33H27Cl2N3O3S/c1-4-41-32(40)29-19(2)36-33-38(30(29)24-13-5-7-14-26(24)35)31(39)28(42-33)17-25-20(3)37(27-15-8-6-12-23(25)27)18-21-10-9-11-22(34)16-21/h5-17,30H,4,18H2,1-3H3/b28-17-/t30-/m1/s1. The Bertz CT molecular complexity index is 2090. The molecule has 3 aromatic carbocycles. The number of benzene rings is 3. The number of esters is 1. The third-order valence-corrected chi connectivity index (χ3v) is 9.06. The van der Waals surface area contributed by atoms with Gasteiger partial charge in [-0.3, -0.25) is 9.36 Å². The highest BCUT2D eigenvalue weighted by Crippen LogP contribution is 2.34. The highest BCUT2D eigenvalue weighted by molar-refractivity contribution is 7.07. The summed E-state index contributed by atoms with van der Waals surface area (Å²) in [5, 5.41) is 2.18. The molecule has 9 heteroatoms. The van der Waals surface area contributed by atoms with Gasteiger partial charge in [0.1, 0.15) is 6.04 Å². The molecule has 5 aromatic rings. The number of aromatic nitrogens is 2. The Hall–Kier alpha value is -3.91. The van der Waals surface area contributed by atoms with Crippen LogP contribution >= 0.6 is 34.5 Å². The van der Waals surface area contributed by atoms with E-state index in [1.54, 1.807) is 24.5 Å². The lowest BCUT2D eigenvalue weighted by Gasteiger charge is -2.25. The second kappa shape index (κ2) is 11.4. The maximum atomic E-state index is 14.2. The number of thiazole rings is 1. The van der Waals surface area contributed by atoms with Crippen LogP contribution in [0, 0.1) is 6.92 Å².